The summed E-state index contributed by atoms with van der Waals surface area (Å²) in [6.45, 7) is 8.67. The van der Waals surface area contributed by atoms with Gasteiger partial charge in [-0.05, 0) is 40.2 Å². The first kappa shape index (κ1) is 11.1. The Labute approximate surface area is 97.2 Å². The lowest BCUT2D eigenvalue weighted by molar-refractivity contribution is -0.104. The third kappa shape index (κ3) is 1.71. The molecule has 0 unspecified atom stereocenters. The van der Waals surface area contributed by atoms with Crippen molar-refractivity contribution in [3.05, 3.63) is 40.5 Å². The van der Waals surface area contributed by atoms with Gasteiger partial charge in [-0.1, -0.05) is 39.0 Å². The van der Waals surface area contributed by atoms with Crippen molar-refractivity contribution in [2.75, 3.05) is 0 Å². The van der Waals surface area contributed by atoms with Crippen LogP contribution >= 0.6 is 0 Å². The molecule has 84 valence electrons. The first-order valence-electron chi connectivity index (χ1n) is 5.72. The first-order valence-corrected chi connectivity index (χ1v) is 5.72. The van der Waals surface area contributed by atoms with E-state index in [1.54, 1.807) is 0 Å². The molecule has 0 bridgehead atoms. The smallest absolute Gasteiger partial charge is 0.146 e. The molecule has 0 atom stereocenters. The summed E-state index contributed by atoms with van der Waals surface area (Å²) in [4.78, 5) is 10.9. The Balaban J connectivity index is 2.47. The molecule has 0 aromatic heterocycles. The Kier molecular flexibility index (Phi) is 2.49. The number of carbonyl (C=O) groups excluding carboxylic acids is 1. The number of hydrogen-bond acceptors (Lipinski definition) is 1. The Hall–Kier alpha value is -1.37. The van der Waals surface area contributed by atoms with Crippen molar-refractivity contribution in [3.63, 3.8) is 0 Å². The normalized spacial score (nSPS) is 15.2. The van der Waals surface area contributed by atoms with Gasteiger partial charge in [0.25, 0.3) is 0 Å². The van der Waals surface area contributed by atoms with E-state index in [-0.39, 0.29) is 5.41 Å². The molecule has 1 aromatic rings. The standard InChI is InChI=1S/C15H18O/c1-10-12(9-16)7-11-8-13(15(2,3)4)5-6-14(10)11/h5-6,8-9H,7H2,1-4H3. The molecule has 0 saturated heterocycles. The van der Waals surface area contributed by atoms with E-state index in [9.17, 15) is 4.79 Å². The number of rotatable bonds is 1. The molecule has 1 aliphatic carbocycles. The Bertz CT molecular complexity index is 473. The summed E-state index contributed by atoms with van der Waals surface area (Å²) >= 11 is 0. The van der Waals surface area contributed by atoms with Crippen molar-refractivity contribution >= 4 is 11.9 Å². The van der Waals surface area contributed by atoms with Gasteiger partial charge in [-0.25, -0.2) is 0 Å². The molecule has 1 nitrogen and oxygen atoms in total. The average Bonchev–Trinajstić information content (AvgIpc) is 2.54. The topological polar surface area (TPSA) is 17.1 Å². The summed E-state index contributed by atoms with van der Waals surface area (Å²) in [7, 11) is 0. The molecule has 0 spiro atoms. The minimum absolute atomic E-state index is 0.173. The van der Waals surface area contributed by atoms with Crippen LogP contribution in [-0.2, 0) is 16.6 Å². The van der Waals surface area contributed by atoms with Crippen molar-refractivity contribution in [3.8, 4) is 0 Å². The maximum atomic E-state index is 10.9. The van der Waals surface area contributed by atoms with Crippen LogP contribution in [0, 0.1) is 0 Å². The molecule has 0 fully saturated rings. The van der Waals surface area contributed by atoms with Gasteiger partial charge < -0.3 is 0 Å². The van der Waals surface area contributed by atoms with Gasteiger partial charge in [0.2, 0.25) is 0 Å². The highest BCUT2D eigenvalue weighted by atomic mass is 16.1. The van der Waals surface area contributed by atoms with Gasteiger partial charge in [0.05, 0.1) is 0 Å². The van der Waals surface area contributed by atoms with Crippen LogP contribution in [0.1, 0.15) is 44.4 Å². The average molecular weight is 214 g/mol. The van der Waals surface area contributed by atoms with Gasteiger partial charge >= 0.3 is 0 Å². The Morgan fingerprint density at radius 1 is 1.25 bits per heavy atom. The zero-order chi connectivity index (χ0) is 11.9. The van der Waals surface area contributed by atoms with E-state index in [2.05, 4.69) is 39.0 Å². The van der Waals surface area contributed by atoms with Crippen LogP contribution in [0.4, 0.5) is 0 Å². The fraction of sp³-hybridized carbons (Fsp3) is 0.400. The lowest BCUT2D eigenvalue weighted by atomic mass is 9.85. The largest absolute Gasteiger partial charge is 0.298 e. The molecule has 2 rings (SSSR count). The van der Waals surface area contributed by atoms with Crippen molar-refractivity contribution in [1.82, 2.24) is 0 Å². The maximum Gasteiger partial charge on any atom is 0.146 e. The van der Waals surface area contributed by atoms with Gasteiger partial charge in [0.1, 0.15) is 6.29 Å². The summed E-state index contributed by atoms with van der Waals surface area (Å²) < 4.78 is 0. The quantitative estimate of drug-likeness (QED) is 0.654. The molecule has 0 heterocycles. The molecular formula is C15H18O. The second kappa shape index (κ2) is 3.58. The molecule has 0 radical (unpaired) electrons. The van der Waals surface area contributed by atoms with Crippen molar-refractivity contribution in [2.24, 2.45) is 0 Å². The molecule has 1 aliphatic rings. The summed E-state index contributed by atoms with van der Waals surface area (Å²) in [6, 6.07) is 6.58. The molecule has 1 aromatic carbocycles. The predicted molar refractivity (Wildman–Crippen MR) is 67.5 cm³/mol. The first-order chi connectivity index (χ1) is 7.43. The second-order valence-corrected chi connectivity index (χ2v) is 5.57. The monoisotopic (exact) mass is 214 g/mol. The summed E-state index contributed by atoms with van der Waals surface area (Å²) in [5, 5.41) is 0. The molecule has 0 saturated carbocycles. The van der Waals surface area contributed by atoms with Gasteiger partial charge in [0.15, 0.2) is 0 Å². The van der Waals surface area contributed by atoms with Crippen molar-refractivity contribution < 1.29 is 4.79 Å². The third-order valence-corrected chi connectivity index (χ3v) is 3.38. The van der Waals surface area contributed by atoms with Crippen LogP contribution in [0.15, 0.2) is 23.8 Å². The Morgan fingerprint density at radius 2 is 1.94 bits per heavy atom. The molecule has 1 heteroatoms. The van der Waals surface area contributed by atoms with E-state index < -0.39 is 0 Å². The number of aldehydes is 1. The SMILES string of the molecule is CC1=C(C=O)Cc2cc(C(C)(C)C)ccc21. The predicted octanol–water partition coefficient (Wildman–Crippen LogP) is 3.51. The highest BCUT2D eigenvalue weighted by Crippen LogP contribution is 2.34. The van der Waals surface area contributed by atoms with E-state index in [0.717, 1.165) is 23.9 Å². The number of benzene rings is 1. The number of carbonyl (C=O) groups is 1. The lowest BCUT2D eigenvalue weighted by Crippen LogP contribution is -2.11. The summed E-state index contributed by atoms with van der Waals surface area (Å²) in [6.07, 6.45) is 1.79. The van der Waals surface area contributed by atoms with Crippen LogP contribution in [0.2, 0.25) is 0 Å². The van der Waals surface area contributed by atoms with Crippen molar-refractivity contribution in [1.29, 1.82) is 0 Å². The van der Waals surface area contributed by atoms with E-state index in [4.69, 9.17) is 0 Å². The number of allylic oxidation sites excluding steroid dienone is 2. The van der Waals surface area contributed by atoms with Crippen LogP contribution in [0.5, 0.6) is 0 Å². The lowest BCUT2D eigenvalue weighted by Gasteiger charge is -2.20. The van der Waals surface area contributed by atoms with Gasteiger partial charge in [-0.15, -0.1) is 0 Å². The highest BCUT2D eigenvalue weighted by Gasteiger charge is 2.21. The van der Waals surface area contributed by atoms with Gasteiger partial charge in [-0.2, -0.15) is 0 Å². The zero-order valence-electron chi connectivity index (χ0n) is 10.4. The fourth-order valence-electron chi connectivity index (χ4n) is 2.21. The van der Waals surface area contributed by atoms with Crippen LogP contribution < -0.4 is 0 Å². The van der Waals surface area contributed by atoms with E-state index >= 15 is 0 Å². The third-order valence-electron chi connectivity index (χ3n) is 3.38. The fourth-order valence-corrected chi connectivity index (χ4v) is 2.21. The molecular weight excluding hydrogens is 196 g/mol. The maximum absolute atomic E-state index is 10.9. The van der Waals surface area contributed by atoms with E-state index in [0.29, 0.717) is 0 Å². The molecule has 0 amide bonds. The zero-order valence-corrected chi connectivity index (χ0v) is 10.4. The van der Waals surface area contributed by atoms with Crippen LogP contribution in [0.3, 0.4) is 0 Å². The van der Waals surface area contributed by atoms with Crippen molar-refractivity contribution in [2.45, 2.75) is 39.5 Å². The Morgan fingerprint density at radius 3 is 2.50 bits per heavy atom. The number of fused-ring (bicyclic) bond motifs is 1. The molecule has 16 heavy (non-hydrogen) atoms. The van der Waals surface area contributed by atoms with E-state index in [1.165, 1.54) is 16.7 Å². The summed E-state index contributed by atoms with van der Waals surface area (Å²) in [5.74, 6) is 0. The minimum atomic E-state index is 0.173. The minimum Gasteiger partial charge on any atom is -0.298 e. The van der Waals surface area contributed by atoms with Gasteiger partial charge in [-0.3, -0.25) is 4.79 Å². The van der Waals surface area contributed by atoms with Crippen LogP contribution in [0.25, 0.3) is 5.57 Å². The van der Waals surface area contributed by atoms with E-state index in [1.807, 2.05) is 6.92 Å². The highest BCUT2D eigenvalue weighted by molar-refractivity contribution is 5.92. The molecule has 0 N–H and O–H groups in total. The van der Waals surface area contributed by atoms with Gasteiger partial charge in [0, 0.05) is 6.42 Å². The summed E-state index contributed by atoms with van der Waals surface area (Å²) in [5.41, 5.74) is 6.13. The second-order valence-electron chi connectivity index (χ2n) is 5.57. The van der Waals surface area contributed by atoms with Crippen LogP contribution in [-0.4, -0.2) is 6.29 Å². The molecule has 0 aliphatic heterocycles. The number of hydrogen-bond donors (Lipinski definition) is 0.